The summed E-state index contributed by atoms with van der Waals surface area (Å²) < 4.78 is 13.1. The van der Waals surface area contributed by atoms with Gasteiger partial charge in [0.1, 0.15) is 5.82 Å². The van der Waals surface area contributed by atoms with E-state index in [1.54, 1.807) is 12.1 Å². The molecule has 0 bridgehead atoms. The van der Waals surface area contributed by atoms with Gasteiger partial charge >= 0.3 is 0 Å². The number of rotatable bonds is 8. The molecule has 2 nitrogen and oxygen atoms in total. The van der Waals surface area contributed by atoms with Gasteiger partial charge in [-0.1, -0.05) is 72.8 Å². The molecule has 0 aliphatic carbocycles. The average molecular weight is 403 g/mol. The Morgan fingerprint density at radius 2 is 1.47 bits per heavy atom. The van der Waals surface area contributed by atoms with Gasteiger partial charge in [0.25, 0.3) is 0 Å². The molecule has 0 saturated carbocycles. The first-order valence-electron chi connectivity index (χ1n) is 11.1. The van der Waals surface area contributed by atoms with Crippen molar-refractivity contribution in [3.05, 3.63) is 107 Å². The van der Waals surface area contributed by atoms with E-state index in [1.807, 2.05) is 12.1 Å². The van der Waals surface area contributed by atoms with Gasteiger partial charge in [-0.3, -0.25) is 0 Å². The van der Waals surface area contributed by atoms with Gasteiger partial charge in [-0.2, -0.15) is 0 Å². The van der Waals surface area contributed by atoms with Crippen LogP contribution in [-0.2, 0) is 6.42 Å². The minimum Gasteiger partial charge on any atom is -0.315 e. The lowest BCUT2D eigenvalue weighted by Crippen LogP contribution is -2.43. The zero-order valence-corrected chi connectivity index (χ0v) is 17.4. The molecule has 30 heavy (non-hydrogen) atoms. The third kappa shape index (κ3) is 5.78. The highest BCUT2D eigenvalue weighted by atomic mass is 19.1. The summed E-state index contributed by atoms with van der Waals surface area (Å²) in [6, 6.07) is 29.0. The second-order valence-corrected chi connectivity index (χ2v) is 8.41. The van der Waals surface area contributed by atoms with Crippen LogP contribution in [0.5, 0.6) is 0 Å². The van der Waals surface area contributed by atoms with Gasteiger partial charge in [-0.15, -0.1) is 0 Å². The predicted octanol–water partition coefficient (Wildman–Crippen LogP) is 5.16. The zero-order chi connectivity index (χ0) is 20.6. The number of nitrogens with one attached hydrogen (secondary N) is 2. The van der Waals surface area contributed by atoms with E-state index in [1.165, 1.54) is 29.5 Å². The second kappa shape index (κ2) is 10.5. The highest BCUT2D eigenvalue weighted by Gasteiger charge is 2.21. The third-order valence-electron chi connectivity index (χ3n) is 6.20. The van der Waals surface area contributed by atoms with E-state index in [9.17, 15) is 4.39 Å². The first-order chi connectivity index (χ1) is 14.8. The van der Waals surface area contributed by atoms with Gasteiger partial charge in [0.05, 0.1) is 0 Å². The van der Waals surface area contributed by atoms with E-state index >= 15 is 0 Å². The van der Waals surface area contributed by atoms with Crippen molar-refractivity contribution in [2.24, 2.45) is 5.92 Å². The van der Waals surface area contributed by atoms with E-state index in [0.717, 1.165) is 26.1 Å². The molecule has 1 heterocycles. The fraction of sp³-hybridized carbons (Fsp3) is 0.333. The molecule has 1 aliphatic heterocycles. The van der Waals surface area contributed by atoms with Gasteiger partial charge in [-0.05, 0) is 67.1 Å². The molecule has 2 N–H and O–H groups in total. The molecule has 3 aromatic rings. The molecule has 3 heteroatoms. The largest absolute Gasteiger partial charge is 0.315 e. The molecule has 1 fully saturated rings. The molecule has 1 aliphatic rings. The quantitative estimate of drug-likeness (QED) is 0.544. The molecule has 1 saturated heterocycles. The van der Waals surface area contributed by atoms with Gasteiger partial charge in [0.2, 0.25) is 0 Å². The molecule has 4 rings (SSSR count). The Kier molecular flexibility index (Phi) is 7.28. The van der Waals surface area contributed by atoms with Crippen LogP contribution in [0.4, 0.5) is 4.39 Å². The zero-order valence-electron chi connectivity index (χ0n) is 17.4. The van der Waals surface area contributed by atoms with Crippen molar-refractivity contribution in [1.29, 1.82) is 0 Å². The first-order valence-corrected chi connectivity index (χ1v) is 11.1. The summed E-state index contributed by atoms with van der Waals surface area (Å²) in [5.74, 6) is 0.864. The fourth-order valence-electron chi connectivity index (χ4n) is 4.46. The van der Waals surface area contributed by atoms with Crippen molar-refractivity contribution < 1.29 is 4.39 Å². The monoisotopic (exact) mass is 402 g/mol. The Morgan fingerprint density at radius 1 is 0.833 bits per heavy atom. The standard InChI is InChI=1S/C27H31FN2/c28-25-14-11-21(12-15-25)17-26-16-13-22(19-30-26)18-29-20-27(23-7-3-1-4-8-23)24-9-5-2-6-10-24/h1-12,14-15,22,26-27,29-30H,13,16-20H2/t22-,26+/m1/s1. The Morgan fingerprint density at radius 3 is 2.03 bits per heavy atom. The summed E-state index contributed by atoms with van der Waals surface area (Å²) in [5, 5.41) is 7.44. The van der Waals surface area contributed by atoms with Gasteiger partial charge in [0.15, 0.2) is 0 Å². The fourth-order valence-corrected chi connectivity index (χ4v) is 4.46. The lowest BCUT2D eigenvalue weighted by atomic mass is 9.89. The van der Waals surface area contributed by atoms with Crippen molar-refractivity contribution in [1.82, 2.24) is 10.6 Å². The van der Waals surface area contributed by atoms with Crippen LogP contribution >= 0.6 is 0 Å². The van der Waals surface area contributed by atoms with E-state index < -0.39 is 0 Å². The summed E-state index contributed by atoms with van der Waals surface area (Å²) in [5.41, 5.74) is 3.92. The number of halogens is 1. The maximum absolute atomic E-state index is 13.1. The Bertz CT molecular complexity index is 832. The van der Waals surface area contributed by atoms with Crippen LogP contribution in [0.3, 0.4) is 0 Å². The van der Waals surface area contributed by atoms with Crippen LogP contribution in [0, 0.1) is 11.7 Å². The number of piperidine rings is 1. The van der Waals surface area contributed by atoms with E-state index in [-0.39, 0.29) is 5.82 Å². The highest BCUT2D eigenvalue weighted by molar-refractivity contribution is 5.32. The molecule has 0 spiro atoms. The van der Waals surface area contributed by atoms with Crippen molar-refractivity contribution >= 4 is 0 Å². The lowest BCUT2D eigenvalue weighted by molar-refractivity contribution is 0.299. The lowest BCUT2D eigenvalue weighted by Gasteiger charge is -2.31. The molecule has 0 amide bonds. The van der Waals surface area contributed by atoms with Crippen LogP contribution < -0.4 is 10.6 Å². The normalized spacial score (nSPS) is 19.1. The van der Waals surface area contributed by atoms with E-state index in [0.29, 0.717) is 17.9 Å². The smallest absolute Gasteiger partial charge is 0.123 e. The van der Waals surface area contributed by atoms with Gasteiger partial charge < -0.3 is 10.6 Å². The van der Waals surface area contributed by atoms with E-state index in [4.69, 9.17) is 0 Å². The maximum Gasteiger partial charge on any atom is 0.123 e. The summed E-state index contributed by atoms with van der Waals surface area (Å²) in [7, 11) is 0. The average Bonchev–Trinajstić information content (AvgIpc) is 2.80. The maximum atomic E-state index is 13.1. The summed E-state index contributed by atoms with van der Waals surface area (Å²) in [6.07, 6.45) is 3.38. The molecule has 0 radical (unpaired) electrons. The molecule has 3 aromatic carbocycles. The van der Waals surface area contributed by atoms with Crippen LogP contribution in [0.15, 0.2) is 84.9 Å². The molecule has 156 valence electrons. The summed E-state index contributed by atoms with van der Waals surface area (Å²) in [6.45, 7) is 3.02. The minimum absolute atomic E-state index is 0.161. The first kappa shape index (κ1) is 20.8. The van der Waals surface area contributed by atoms with Crippen molar-refractivity contribution in [3.8, 4) is 0 Å². The molecule has 0 unspecified atom stereocenters. The molecule has 2 atom stereocenters. The minimum atomic E-state index is -0.161. The van der Waals surface area contributed by atoms with Gasteiger partial charge in [0, 0.05) is 18.5 Å². The van der Waals surface area contributed by atoms with Gasteiger partial charge in [-0.25, -0.2) is 4.39 Å². The Balaban J connectivity index is 1.26. The highest BCUT2D eigenvalue weighted by Crippen LogP contribution is 2.24. The van der Waals surface area contributed by atoms with Crippen LogP contribution in [0.25, 0.3) is 0 Å². The second-order valence-electron chi connectivity index (χ2n) is 8.41. The predicted molar refractivity (Wildman–Crippen MR) is 122 cm³/mol. The third-order valence-corrected chi connectivity index (χ3v) is 6.20. The van der Waals surface area contributed by atoms with Crippen LogP contribution in [0.1, 0.15) is 35.4 Å². The SMILES string of the molecule is Fc1ccc(C[C@@H]2CC[C@H](CNCC(c3ccccc3)c3ccccc3)CN2)cc1. The molecular formula is C27H31FN2. The van der Waals surface area contributed by atoms with Crippen molar-refractivity contribution in [2.45, 2.75) is 31.2 Å². The Hall–Kier alpha value is -2.49. The number of hydrogen-bond acceptors (Lipinski definition) is 2. The summed E-state index contributed by atoms with van der Waals surface area (Å²) >= 11 is 0. The topological polar surface area (TPSA) is 24.1 Å². The number of hydrogen-bond donors (Lipinski definition) is 2. The summed E-state index contributed by atoms with van der Waals surface area (Å²) in [4.78, 5) is 0. The van der Waals surface area contributed by atoms with Crippen molar-refractivity contribution in [3.63, 3.8) is 0 Å². The number of benzene rings is 3. The van der Waals surface area contributed by atoms with Crippen LogP contribution in [0.2, 0.25) is 0 Å². The molecular weight excluding hydrogens is 371 g/mol. The molecule has 0 aromatic heterocycles. The van der Waals surface area contributed by atoms with E-state index in [2.05, 4.69) is 71.3 Å². The Labute approximate surface area is 179 Å². The van der Waals surface area contributed by atoms with Crippen LogP contribution in [-0.4, -0.2) is 25.7 Å². The van der Waals surface area contributed by atoms with Crippen molar-refractivity contribution in [2.75, 3.05) is 19.6 Å².